The second-order valence-corrected chi connectivity index (χ2v) is 5.93. The Hall–Kier alpha value is -1.85. The lowest BCUT2D eigenvalue weighted by atomic mass is 9.91. The molecule has 120 valence electrons. The molecule has 2 aromatic rings. The van der Waals surface area contributed by atoms with Crippen molar-refractivity contribution in [2.45, 2.75) is 33.1 Å². The SMILES string of the molecule is Cc1cc(-c2ccccc2)cc(C(C)(C)C)[o+]1.F[B-](F)(F)F. The van der Waals surface area contributed by atoms with Gasteiger partial charge >= 0.3 is 18.8 Å². The van der Waals surface area contributed by atoms with Crippen LogP contribution in [-0.2, 0) is 5.41 Å². The minimum Gasteiger partial charge on any atom is -0.418 e. The maximum atomic E-state index is 9.75. The fraction of sp³-hybridized carbons (Fsp3) is 0.312. The Bertz CT molecular complexity index is 598. The van der Waals surface area contributed by atoms with E-state index in [0.717, 1.165) is 11.5 Å². The van der Waals surface area contributed by atoms with Crippen LogP contribution in [0.25, 0.3) is 11.1 Å². The van der Waals surface area contributed by atoms with Gasteiger partial charge in [-0.3, -0.25) is 0 Å². The van der Waals surface area contributed by atoms with Gasteiger partial charge in [0.2, 0.25) is 0 Å². The van der Waals surface area contributed by atoms with E-state index in [-0.39, 0.29) is 5.41 Å². The lowest BCUT2D eigenvalue weighted by Gasteiger charge is -2.10. The van der Waals surface area contributed by atoms with Crippen molar-refractivity contribution in [2.75, 3.05) is 0 Å². The third-order valence-corrected chi connectivity index (χ3v) is 2.76. The Morgan fingerprint density at radius 1 is 0.864 bits per heavy atom. The average Bonchev–Trinajstić information content (AvgIpc) is 2.36. The first-order valence-electron chi connectivity index (χ1n) is 6.85. The summed E-state index contributed by atoms with van der Waals surface area (Å²) in [5.74, 6) is 1.98. The molecule has 0 fully saturated rings. The molecule has 6 heteroatoms. The zero-order valence-electron chi connectivity index (χ0n) is 13.0. The Kier molecular flexibility index (Phi) is 5.75. The van der Waals surface area contributed by atoms with Crippen LogP contribution in [0.15, 0.2) is 46.9 Å². The van der Waals surface area contributed by atoms with Crippen molar-refractivity contribution in [3.8, 4) is 11.1 Å². The van der Waals surface area contributed by atoms with Crippen molar-refractivity contribution in [2.24, 2.45) is 0 Å². The van der Waals surface area contributed by atoms with Gasteiger partial charge in [0, 0.05) is 12.1 Å². The summed E-state index contributed by atoms with van der Waals surface area (Å²) < 4.78 is 44.8. The minimum absolute atomic E-state index is 0.0373. The van der Waals surface area contributed by atoms with E-state index in [4.69, 9.17) is 4.42 Å². The fourth-order valence-corrected chi connectivity index (χ4v) is 1.80. The van der Waals surface area contributed by atoms with Crippen molar-refractivity contribution in [3.05, 3.63) is 54.0 Å². The van der Waals surface area contributed by atoms with Gasteiger partial charge in [0.1, 0.15) is 0 Å². The van der Waals surface area contributed by atoms with Crippen LogP contribution in [0.2, 0.25) is 0 Å². The summed E-state index contributed by atoms with van der Waals surface area (Å²) in [6.45, 7) is 8.50. The van der Waals surface area contributed by atoms with E-state index < -0.39 is 7.25 Å². The molecular weight excluding hydrogens is 295 g/mol. The molecule has 22 heavy (non-hydrogen) atoms. The molecule has 0 N–H and O–H groups in total. The molecule has 0 atom stereocenters. The highest BCUT2D eigenvalue weighted by Crippen LogP contribution is 2.28. The largest absolute Gasteiger partial charge is 0.673 e. The Morgan fingerprint density at radius 3 is 1.82 bits per heavy atom. The summed E-state index contributed by atoms with van der Waals surface area (Å²) in [5, 5.41) is 0. The summed E-state index contributed by atoms with van der Waals surface area (Å²) in [6, 6.07) is 14.6. The minimum atomic E-state index is -6.00. The first kappa shape index (κ1) is 18.2. The summed E-state index contributed by atoms with van der Waals surface area (Å²) in [5.41, 5.74) is 2.49. The van der Waals surface area contributed by atoms with Gasteiger partial charge in [-0.15, -0.1) is 0 Å². The van der Waals surface area contributed by atoms with Crippen LogP contribution in [0.1, 0.15) is 32.3 Å². The van der Waals surface area contributed by atoms with Crippen molar-refractivity contribution in [1.29, 1.82) is 0 Å². The Balaban J connectivity index is 0.000000422. The summed E-state index contributed by atoms with van der Waals surface area (Å²) >= 11 is 0. The molecule has 0 aliphatic heterocycles. The number of rotatable bonds is 1. The van der Waals surface area contributed by atoms with Crippen LogP contribution in [0.4, 0.5) is 17.3 Å². The van der Waals surface area contributed by atoms with E-state index in [0.29, 0.717) is 0 Å². The van der Waals surface area contributed by atoms with Gasteiger partial charge in [-0.2, -0.15) is 0 Å². The molecular formula is C16H19BF4O. The van der Waals surface area contributed by atoms with Crippen LogP contribution >= 0.6 is 0 Å². The van der Waals surface area contributed by atoms with E-state index in [9.17, 15) is 17.3 Å². The maximum absolute atomic E-state index is 9.75. The standard InChI is InChI=1S/C16H19O.BF4/c1-12-10-14(13-8-6-5-7-9-13)11-15(17-12)16(2,3)4;2-1(3,4)5/h5-11H,1-4H3;/q+1;-1. The summed E-state index contributed by atoms with van der Waals surface area (Å²) in [4.78, 5) is 0. The zero-order chi connectivity index (χ0) is 17.0. The van der Waals surface area contributed by atoms with Gasteiger partial charge in [0.15, 0.2) is 0 Å². The molecule has 0 spiro atoms. The third-order valence-electron chi connectivity index (χ3n) is 2.76. The number of hydrogen-bond acceptors (Lipinski definition) is 0. The predicted octanol–water partition coefficient (Wildman–Crippen LogP) is 6.13. The van der Waals surface area contributed by atoms with Crippen LogP contribution in [-0.4, -0.2) is 7.25 Å². The number of aryl methyl sites for hydroxylation is 1. The maximum Gasteiger partial charge on any atom is 0.673 e. The quantitative estimate of drug-likeness (QED) is 0.350. The average molecular weight is 314 g/mol. The van der Waals surface area contributed by atoms with Crippen LogP contribution < -0.4 is 0 Å². The molecule has 1 heterocycles. The van der Waals surface area contributed by atoms with Crippen molar-refractivity contribution < 1.29 is 21.7 Å². The highest BCUT2D eigenvalue weighted by atomic mass is 19.5. The molecule has 2 rings (SSSR count). The summed E-state index contributed by atoms with van der Waals surface area (Å²) in [7, 11) is -6.00. The topological polar surface area (TPSA) is 11.3 Å². The highest BCUT2D eigenvalue weighted by molar-refractivity contribution is 6.50. The van der Waals surface area contributed by atoms with Crippen LogP contribution in [0.3, 0.4) is 0 Å². The van der Waals surface area contributed by atoms with Gasteiger partial charge in [0.25, 0.3) is 0 Å². The molecule has 0 saturated heterocycles. The molecule has 0 aliphatic carbocycles. The number of halogens is 4. The Labute approximate surface area is 128 Å². The fourth-order valence-electron chi connectivity index (χ4n) is 1.80. The van der Waals surface area contributed by atoms with Crippen molar-refractivity contribution >= 4 is 7.25 Å². The lowest BCUT2D eigenvalue weighted by molar-refractivity contribution is 0.368. The smallest absolute Gasteiger partial charge is 0.418 e. The molecule has 0 radical (unpaired) electrons. The van der Waals surface area contributed by atoms with E-state index in [1.807, 2.05) is 13.0 Å². The molecule has 0 aliphatic rings. The summed E-state index contributed by atoms with van der Waals surface area (Å²) in [6.07, 6.45) is 0. The third kappa shape index (κ3) is 6.74. The molecule has 0 amide bonds. The van der Waals surface area contributed by atoms with Crippen molar-refractivity contribution in [3.63, 3.8) is 0 Å². The monoisotopic (exact) mass is 314 g/mol. The molecule has 1 aromatic carbocycles. The first-order valence-corrected chi connectivity index (χ1v) is 6.85. The van der Waals surface area contributed by atoms with E-state index in [1.54, 1.807) is 0 Å². The van der Waals surface area contributed by atoms with Crippen LogP contribution in [0, 0.1) is 6.92 Å². The van der Waals surface area contributed by atoms with Gasteiger partial charge in [-0.25, -0.2) is 4.42 Å². The molecule has 0 unspecified atom stereocenters. The van der Waals surface area contributed by atoms with Crippen LogP contribution in [0.5, 0.6) is 0 Å². The zero-order valence-corrected chi connectivity index (χ0v) is 13.0. The molecule has 0 bridgehead atoms. The molecule has 1 aromatic heterocycles. The van der Waals surface area contributed by atoms with Crippen molar-refractivity contribution in [1.82, 2.24) is 0 Å². The molecule has 1 nitrogen and oxygen atoms in total. The second kappa shape index (κ2) is 6.94. The van der Waals surface area contributed by atoms with Gasteiger partial charge in [-0.1, -0.05) is 30.3 Å². The highest BCUT2D eigenvalue weighted by Gasteiger charge is 2.27. The Morgan fingerprint density at radius 2 is 1.36 bits per heavy atom. The second-order valence-electron chi connectivity index (χ2n) is 5.93. The van der Waals surface area contributed by atoms with Gasteiger partial charge in [-0.05, 0) is 31.9 Å². The first-order chi connectivity index (χ1) is 9.97. The van der Waals surface area contributed by atoms with E-state index >= 15 is 0 Å². The van der Waals surface area contributed by atoms with E-state index in [1.165, 1.54) is 11.1 Å². The number of hydrogen-bond donors (Lipinski definition) is 0. The number of benzene rings is 1. The normalized spacial score (nSPS) is 11.6. The van der Waals surface area contributed by atoms with E-state index in [2.05, 4.69) is 57.2 Å². The lowest BCUT2D eigenvalue weighted by Crippen LogP contribution is -2.11. The van der Waals surface area contributed by atoms with Gasteiger partial charge in [0.05, 0.1) is 12.3 Å². The predicted molar refractivity (Wildman–Crippen MR) is 82.2 cm³/mol. The van der Waals surface area contributed by atoms with Gasteiger partial charge < -0.3 is 17.3 Å². The molecule has 0 saturated carbocycles.